The highest BCUT2D eigenvalue weighted by Gasteiger charge is 2.24. The Labute approximate surface area is 129 Å². The van der Waals surface area contributed by atoms with Crippen molar-refractivity contribution < 1.29 is 14.6 Å². The van der Waals surface area contributed by atoms with E-state index in [9.17, 15) is 4.79 Å². The number of aliphatic hydroxyl groups is 1. The molecule has 0 aliphatic heterocycles. The van der Waals surface area contributed by atoms with Gasteiger partial charge in [-0.2, -0.15) is 0 Å². The Balaban J connectivity index is 2.66. The van der Waals surface area contributed by atoms with E-state index >= 15 is 0 Å². The van der Waals surface area contributed by atoms with E-state index < -0.39 is 11.6 Å². The molecule has 1 unspecified atom stereocenters. The number of halogens is 2. The molecule has 1 atom stereocenters. The molecule has 0 aromatic heterocycles. The number of benzene rings is 1. The fourth-order valence-electron chi connectivity index (χ4n) is 1.59. The molecule has 1 amide bonds. The number of ether oxygens (including phenoxy) is 1. The van der Waals surface area contributed by atoms with Crippen molar-refractivity contribution in [1.82, 2.24) is 5.32 Å². The Bertz CT molecular complexity index is 477. The fraction of sp³-hybridized carbons (Fsp3) is 0.500. The van der Waals surface area contributed by atoms with E-state index in [0.29, 0.717) is 22.2 Å². The molecule has 0 bridgehead atoms. The molecule has 2 N–H and O–H groups in total. The van der Waals surface area contributed by atoms with Crippen molar-refractivity contribution in [3.63, 3.8) is 0 Å². The van der Waals surface area contributed by atoms with E-state index in [-0.39, 0.29) is 12.5 Å². The first-order chi connectivity index (χ1) is 9.25. The van der Waals surface area contributed by atoms with Gasteiger partial charge >= 0.3 is 0 Å². The van der Waals surface area contributed by atoms with Crippen LogP contribution in [0.1, 0.15) is 27.2 Å². The Morgan fingerprint density at radius 1 is 1.45 bits per heavy atom. The van der Waals surface area contributed by atoms with E-state index in [1.165, 1.54) is 0 Å². The molecule has 1 aromatic carbocycles. The van der Waals surface area contributed by atoms with Crippen LogP contribution in [0, 0.1) is 0 Å². The molecule has 1 rings (SSSR count). The molecule has 0 spiro atoms. The van der Waals surface area contributed by atoms with Crippen LogP contribution in [0.4, 0.5) is 0 Å². The zero-order valence-electron chi connectivity index (χ0n) is 11.7. The topological polar surface area (TPSA) is 58.6 Å². The lowest BCUT2D eigenvalue weighted by atomic mass is 10.0. The standard InChI is InChI=1S/C14H19Cl2NO3/c1-9(13(19)17-14(2,3)6-7-18)20-12-5-4-10(15)8-11(12)16/h4-5,8-9,18H,6-7H2,1-3H3,(H,17,19). The predicted octanol–water partition coefficient (Wildman–Crippen LogP) is 3.04. The highest BCUT2D eigenvalue weighted by molar-refractivity contribution is 6.35. The van der Waals surface area contributed by atoms with Gasteiger partial charge in [0.2, 0.25) is 0 Å². The first-order valence-corrected chi connectivity index (χ1v) is 7.05. The van der Waals surface area contributed by atoms with Crippen molar-refractivity contribution in [2.75, 3.05) is 6.61 Å². The Hall–Kier alpha value is -0.970. The molecule has 0 heterocycles. The minimum absolute atomic E-state index is 0.00549. The summed E-state index contributed by atoms with van der Waals surface area (Å²) in [6, 6.07) is 4.81. The minimum atomic E-state index is -0.702. The number of carbonyl (C=O) groups is 1. The molecule has 0 saturated carbocycles. The predicted molar refractivity (Wildman–Crippen MR) is 80.5 cm³/mol. The Kier molecular flexibility index (Phi) is 6.11. The average molecular weight is 320 g/mol. The van der Waals surface area contributed by atoms with Crippen LogP contribution in [0.5, 0.6) is 5.75 Å². The molecular weight excluding hydrogens is 301 g/mol. The van der Waals surface area contributed by atoms with Crippen molar-refractivity contribution in [2.45, 2.75) is 38.8 Å². The monoisotopic (exact) mass is 319 g/mol. The lowest BCUT2D eigenvalue weighted by Gasteiger charge is -2.27. The Morgan fingerprint density at radius 2 is 2.10 bits per heavy atom. The first kappa shape index (κ1) is 17.1. The number of nitrogens with one attached hydrogen (secondary N) is 1. The van der Waals surface area contributed by atoms with Gasteiger partial charge in [-0.25, -0.2) is 0 Å². The van der Waals surface area contributed by atoms with Crippen LogP contribution in [-0.4, -0.2) is 29.3 Å². The van der Waals surface area contributed by atoms with Gasteiger partial charge in [-0.15, -0.1) is 0 Å². The lowest BCUT2D eigenvalue weighted by Crippen LogP contribution is -2.49. The van der Waals surface area contributed by atoms with Crippen LogP contribution in [0.25, 0.3) is 0 Å². The van der Waals surface area contributed by atoms with Crippen LogP contribution in [0.3, 0.4) is 0 Å². The zero-order chi connectivity index (χ0) is 15.3. The van der Waals surface area contributed by atoms with Gasteiger partial charge in [0.25, 0.3) is 5.91 Å². The summed E-state index contributed by atoms with van der Waals surface area (Å²) in [6.07, 6.45) is -0.237. The molecule has 0 aliphatic carbocycles. The van der Waals surface area contributed by atoms with Gasteiger partial charge in [0.1, 0.15) is 5.75 Å². The quantitative estimate of drug-likeness (QED) is 0.847. The SMILES string of the molecule is CC(Oc1ccc(Cl)cc1Cl)C(=O)NC(C)(C)CCO. The molecule has 4 nitrogen and oxygen atoms in total. The third-order valence-electron chi connectivity index (χ3n) is 2.77. The summed E-state index contributed by atoms with van der Waals surface area (Å²) in [5.41, 5.74) is -0.493. The number of aliphatic hydroxyl groups excluding tert-OH is 1. The molecular formula is C14H19Cl2NO3. The van der Waals surface area contributed by atoms with Crippen LogP contribution in [-0.2, 0) is 4.79 Å². The van der Waals surface area contributed by atoms with Gasteiger partial charge in [0, 0.05) is 17.2 Å². The largest absolute Gasteiger partial charge is 0.479 e. The van der Waals surface area contributed by atoms with Gasteiger partial charge in [0.05, 0.1) is 5.02 Å². The third kappa shape index (κ3) is 5.19. The van der Waals surface area contributed by atoms with Crippen LogP contribution < -0.4 is 10.1 Å². The van der Waals surface area contributed by atoms with E-state index in [4.69, 9.17) is 33.0 Å². The van der Waals surface area contributed by atoms with Gasteiger partial charge < -0.3 is 15.2 Å². The highest BCUT2D eigenvalue weighted by Crippen LogP contribution is 2.28. The maximum absolute atomic E-state index is 12.0. The molecule has 1 aromatic rings. The second-order valence-corrected chi connectivity index (χ2v) is 6.03. The summed E-state index contributed by atoms with van der Waals surface area (Å²) in [6.45, 7) is 5.31. The number of rotatable bonds is 6. The number of carbonyl (C=O) groups excluding carboxylic acids is 1. The van der Waals surface area contributed by atoms with Gasteiger partial charge in [0.15, 0.2) is 6.10 Å². The molecule has 0 fully saturated rings. The van der Waals surface area contributed by atoms with Crippen LogP contribution in [0.15, 0.2) is 18.2 Å². The number of hydrogen-bond acceptors (Lipinski definition) is 3. The summed E-state index contributed by atoms with van der Waals surface area (Å²) in [7, 11) is 0. The lowest BCUT2D eigenvalue weighted by molar-refractivity contribution is -0.129. The zero-order valence-corrected chi connectivity index (χ0v) is 13.3. The van der Waals surface area contributed by atoms with Gasteiger partial charge in [-0.05, 0) is 45.4 Å². The maximum Gasteiger partial charge on any atom is 0.261 e. The van der Waals surface area contributed by atoms with Crippen LogP contribution >= 0.6 is 23.2 Å². The van der Waals surface area contributed by atoms with Crippen molar-refractivity contribution >= 4 is 29.1 Å². The summed E-state index contributed by atoms with van der Waals surface area (Å²) in [5, 5.41) is 12.6. The van der Waals surface area contributed by atoms with E-state index in [1.807, 2.05) is 13.8 Å². The summed E-state index contributed by atoms with van der Waals surface area (Å²) < 4.78 is 5.52. The van der Waals surface area contributed by atoms with E-state index in [0.717, 1.165) is 0 Å². The molecule has 0 aliphatic rings. The maximum atomic E-state index is 12.0. The van der Waals surface area contributed by atoms with Crippen LogP contribution in [0.2, 0.25) is 10.0 Å². The van der Waals surface area contributed by atoms with E-state index in [2.05, 4.69) is 5.32 Å². The molecule has 6 heteroatoms. The average Bonchev–Trinajstić information content (AvgIpc) is 2.31. The normalized spacial score (nSPS) is 12.9. The van der Waals surface area contributed by atoms with Crippen molar-refractivity contribution in [3.8, 4) is 5.75 Å². The first-order valence-electron chi connectivity index (χ1n) is 6.30. The summed E-state index contributed by atoms with van der Waals surface area (Å²) in [4.78, 5) is 12.0. The Morgan fingerprint density at radius 3 is 2.65 bits per heavy atom. The number of hydrogen-bond donors (Lipinski definition) is 2. The highest BCUT2D eigenvalue weighted by atomic mass is 35.5. The smallest absolute Gasteiger partial charge is 0.261 e. The molecule has 20 heavy (non-hydrogen) atoms. The molecule has 0 saturated heterocycles. The van der Waals surface area contributed by atoms with Gasteiger partial charge in [-0.3, -0.25) is 4.79 Å². The van der Waals surface area contributed by atoms with Gasteiger partial charge in [-0.1, -0.05) is 23.2 Å². The van der Waals surface area contributed by atoms with Crippen molar-refractivity contribution in [3.05, 3.63) is 28.2 Å². The molecule has 112 valence electrons. The minimum Gasteiger partial charge on any atom is -0.479 e. The number of amides is 1. The van der Waals surface area contributed by atoms with Crippen molar-refractivity contribution in [2.24, 2.45) is 0 Å². The second-order valence-electron chi connectivity index (χ2n) is 5.18. The molecule has 0 radical (unpaired) electrons. The second kappa shape index (κ2) is 7.16. The van der Waals surface area contributed by atoms with Crippen molar-refractivity contribution in [1.29, 1.82) is 0 Å². The fourth-order valence-corrected chi connectivity index (χ4v) is 2.04. The summed E-state index contributed by atoms with van der Waals surface area (Å²) in [5.74, 6) is 0.133. The third-order valence-corrected chi connectivity index (χ3v) is 3.30. The van der Waals surface area contributed by atoms with E-state index in [1.54, 1.807) is 25.1 Å². The summed E-state index contributed by atoms with van der Waals surface area (Å²) >= 11 is 11.8.